The Kier molecular flexibility index (Phi) is 10.4. The van der Waals surface area contributed by atoms with Crippen LogP contribution in [0.5, 0.6) is 0 Å². The molecule has 0 spiro atoms. The third-order valence-electron chi connectivity index (χ3n) is 6.73. The molecule has 2 aromatic carbocycles. The van der Waals surface area contributed by atoms with Gasteiger partial charge in [0.2, 0.25) is 0 Å². The van der Waals surface area contributed by atoms with Crippen molar-refractivity contribution in [2.75, 3.05) is 0 Å². The summed E-state index contributed by atoms with van der Waals surface area (Å²) < 4.78 is 6.46. The fraction of sp³-hybridized carbons (Fsp3) is 0.538. The number of rotatable bonds is 13. The molecule has 0 nitrogen and oxygen atoms in total. The zero-order valence-corrected chi connectivity index (χ0v) is 22.7. The van der Waals surface area contributed by atoms with Gasteiger partial charge in [-0.25, -0.2) is 0 Å². The summed E-state index contributed by atoms with van der Waals surface area (Å²) in [7, 11) is -1.69. The maximum atomic E-state index is 2.69. The van der Waals surface area contributed by atoms with Gasteiger partial charge >= 0.3 is 181 Å². The van der Waals surface area contributed by atoms with Crippen LogP contribution >= 0.6 is 0 Å². The molecule has 0 amide bonds. The number of benzene rings is 2. The van der Waals surface area contributed by atoms with E-state index >= 15 is 0 Å². The molecule has 0 aliphatic heterocycles. The number of hydrogen-bond donors (Lipinski definition) is 0. The molecule has 2 aromatic rings. The van der Waals surface area contributed by atoms with Crippen LogP contribution in [0.1, 0.15) is 59.3 Å². The zero-order valence-electron chi connectivity index (χ0n) is 18.8. The van der Waals surface area contributed by atoms with Gasteiger partial charge in [-0.2, -0.15) is 0 Å². The molecular weight excluding hydrogens is 459 g/mol. The molecular formula is C26H42SiSn. The minimum absolute atomic E-state index is 1.37. The zero-order chi connectivity index (χ0) is 20.3. The van der Waals surface area contributed by atoms with E-state index in [4.69, 9.17) is 0 Å². The minimum atomic E-state index is -2.22. The summed E-state index contributed by atoms with van der Waals surface area (Å²) in [5, 5.41) is 3.32. The first-order chi connectivity index (χ1) is 13.6. The molecule has 0 aliphatic carbocycles. The molecule has 0 fully saturated rings. The summed E-state index contributed by atoms with van der Waals surface area (Å²) in [5.74, 6) is 0. The van der Waals surface area contributed by atoms with Crippen LogP contribution in [0, 0.1) is 0 Å². The molecule has 0 N–H and O–H groups in total. The maximum absolute atomic E-state index is 2.69. The molecule has 0 heterocycles. The first-order valence-electron chi connectivity index (χ1n) is 11.7. The summed E-state index contributed by atoms with van der Waals surface area (Å²) in [5.41, 5.74) is 0. The normalized spacial score (nSPS) is 12.3. The Morgan fingerprint density at radius 2 is 0.964 bits per heavy atom. The van der Waals surface area contributed by atoms with Gasteiger partial charge in [0.25, 0.3) is 0 Å². The predicted molar refractivity (Wildman–Crippen MR) is 133 cm³/mol. The van der Waals surface area contributed by atoms with Gasteiger partial charge in [0.1, 0.15) is 0 Å². The van der Waals surface area contributed by atoms with E-state index in [2.05, 4.69) is 88.0 Å². The monoisotopic (exact) mass is 502 g/mol. The first kappa shape index (κ1) is 23.7. The second-order valence-electron chi connectivity index (χ2n) is 9.05. The van der Waals surface area contributed by atoms with Crippen LogP contribution in [0.15, 0.2) is 60.7 Å². The molecule has 0 unspecified atom stereocenters. The van der Waals surface area contributed by atoms with Crippen LogP contribution in [0.25, 0.3) is 0 Å². The van der Waals surface area contributed by atoms with Gasteiger partial charge in [0, 0.05) is 0 Å². The van der Waals surface area contributed by atoms with Crippen molar-refractivity contribution in [3.8, 4) is 0 Å². The average Bonchev–Trinajstić information content (AvgIpc) is 2.76. The van der Waals surface area contributed by atoms with Crippen LogP contribution in [0.2, 0.25) is 23.9 Å². The van der Waals surface area contributed by atoms with Crippen LogP contribution in [0.4, 0.5) is 0 Å². The number of hydrogen-bond acceptors (Lipinski definition) is 0. The predicted octanol–water partition coefficient (Wildman–Crippen LogP) is 7.27. The molecule has 0 radical (unpaired) electrons. The van der Waals surface area contributed by atoms with E-state index < -0.39 is 26.5 Å². The topological polar surface area (TPSA) is 0 Å². The molecule has 0 saturated carbocycles. The van der Waals surface area contributed by atoms with Crippen LogP contribution in [0.3, 0.4) is 0 Å². The van der Waals surface area contributed by atoms with E-state index in [1.165, 1.54) is 38.5 Å². The molecule has 28 heavy (non-hydrogen) atoms. The second kappa shape index (κ2) is 12.2. The Morgan fingerprint density at radius 3 is 1.29 bits per heavy atom. The first-order valence-corrected chi connectivity index (χ1v) is 22.5. The van der Waals surface area contributed by atoms with Crippen molar-refractivity contribution >= 4 is 36.8 Å². The van der Waals surface area contributed by atoms with Crippen molar-refractivity contribution in [2.24, 2.45) is 0 Å². The van der Waals surface area contributed by atoms with Gasteiger partial charge in [0.15, 0.2) is 0 Å². The third-order valence-corrected chi connectivity index (χ3v) is 36.0. The van der Waals surface area contributed by atoms with Crippen molar-refractivity contribution in [1.29, 1.82) is 0 Å². The van der Waals surface area contributed by atoms with Gasteiger partial charge in [0.05, 0.1) is 0 Å². The van der Waals surface area contributed by atoms with Crippen LogP contribution < -0.4 is 10.4 Å². The van der Waals surface area contributed by atoms with Crippen molar-refractivity contribution < 1.29 is 0 Å². The summed E-state index contributed by atoms with van der Waals surface area (Å²) >= 11 is -2.22. The molecule has 2 heteroatoms. The Hall–Kier alpha value is -0.544. The Labute approximate surface area is 180 Å². The Bertz CT molecular complexity index is 591. The van der Waals surface area contributed by atoms with Gasteiger partial charge in [-0.3, -0.25) is 0 Å². The van der Waals surface area contributed by atoms with E-state index in [0.29, 0.717) is 0 Å². The Morgan fingerprint density at radius 1 is 0.607 bits per heavy atom. The van der Waals surface area contributed by atoms with Gasteiger partial charge in [-0.15, -0.1) is 0 Å². The van der Waals surface area contributed by atoms with Gasteiger partial charge in [-0.1, -0.05) is 0 Å². The van der Waals surface area contributed by atoms with Crippen LogP contribution in [-0.4, -0.2) is 26.5 Å². The van der Waals surface area contributed by atoms with Crippen molar-refractivity contribution in [3.05, 3.63) is 60.7 Å². The van der Waals surface area contributed by atoms with Crippen molar-refractivity contribution in [3.63, 3.8) is 0 Å². The second-order valence-corrected chi connectivity index (χ2v) is 29.1. The fourth-order valence-corrected chi connectivity index (χ4v) is 42.1. The SMILES string of the molecule is CCC[CH2][Sn]([CH2]CCC)([CH2]CCC)[CH2][Si](C)(c1ccccc1)c1ccccc1. The molecule has 0 bridgehead atoms. The van der Waals surface area contributed by atoms with E-state index in [-0.39, 0.29) is 0 Å². The van der Waals surface area contributed by atoms with E-state index in [1.54, 1.807) is 27.7 Å². The van der Waals surface area contributed by atoms with E-state index in [9.17, 15) is 0 Å². The molecule has 154 valence electrons. The summed E-state index contributed by atoms with van der Waals surface area (Å²) in [6.07, 6.45) is 8.51. The molecule has 0 aromatic heterocycles. The van der Waals surface area contributed by atoms with Crippen molar-refractivity contribution in [2.45, 2.75) is 83.2 Å². The average molecular weight is 501 g/mol. The third kappa shape index (κ3) is 6.48. The van der Waals surface area contributed by atoms with E-state index in [1.807, 2.05) is 0 Å². The van der Waals surface area contributed by atoms with E-state index in [0.717, 1.165) is 0 Å². The molecule has 0 saturated heterocycles. The summed E-state index contributed by atoms with van der Waals surface area (Å²) in [6.45, 7) is 9.86. The van der Waals surface area contributed by atoms with Crippen LogP contribution in [-0.2, 0) is 0 Å². The van der Waals surface area contributed by atoms with Crippen molar-refractivity contribution in [1.82, 2.24) is 0 Å². The molecule has 0 aliphatic rings. The van der Waals surface area contributed by atoms with Gasteiger partial charge < -0.3 is 0 Å². The molecule has 2 rings (SSSR count). The fourth-order valence-electron chi connectivity index (χ4n) is 5.03. The number of unbranched alkanes of at least 4 members (excludes halogenated alkanes) is 3. The summed E-state index contributed by atoms with van der Waals surface area (Å²) in [6, 6.07) is 23.2. The molecule has 0 atom stereocenters. The Balaban J connectivity index is 2.48. The quantitative estimate of drug-likeness (QED) is 0.253. The van der Waals surface area contributed by atoms with Gasteiger partial charge in [-0.05, 0) is 0 Å². The summed E-state index contributed by atoms with van der Waals surface area (Å²) in [4.78, 5) is 0. The standard InChI is InChI=1S/C14H15Si.3C4H9.Sn/c1-15(2,13-9-5-3-6-10-13)14-11-7-4-8-12-14;3*1-3-4-2;/h3-12H,1H2,2H3;3*1,3-4H2,2H3;.